The van der Waals surface area contributed by atoms with Crippen LogP contribution in [0.1, 0.15) is 71.6 Å². The van der Waals surface area contributed by atoms with Gasteiger partial charge >= 0.3 is 5.97 Å². The van der Waals surface area contributed by atoms with Crippen molar-refractivity contribution in [3.63, 3.8) is 0 Å². The van der Waals surface area contributed by atoms with Crippen LogP contribution in [0.4, 0.5) is 0 Å². The number of carboxylic acid groups (broad SMARTS) is 1. The van der Waals surface area contributed by atoms with Crippen LogP contribution in [0.5, 0.6) is 0 Å². The van der Waals surface area contributed by atoms with Gasteiger partial charge in [-0.25, -0.2) is 0 Å². The number of allylic oxidation sites excluding steroid dienone is 3. The average molecular weight is 389 g/mol. The van der Waals surface area contributed by atoms with Gasteiger partial charge in [0.2, 0.25) is 0 Å². The number of hydrogen-bond donors (Lipinski definition) is 3. The maximum atomic E-state index is 11.0. The molecular formula is C24H36O4. The maximum absolute atomic E-state index is 11.0. The summed E-state index contributed by atoms with van der Waals surface area (Å²) in [6, 6.07) is 0. The van der Waals surface area contributed by atoms with Crippen LogP contribution in [-0.2, 0) is 4.79 Å². The zero-order valence-corrected chi connectivity index (χ0v) is 17.4. The molecule has 28 heavy (non-hydrogen) atoms. The Balaban J connectivity index is 1.76. The summed E-state index contributed by atoms with van der Waals surface area (Å²) < 4.78 is 0. The Hall–Kier alpha value is -1.39. The summed E-state index contributed by atoms with van der Waals surface area (Å²) in [6.07, 6.45) is 11.0. The summed E-state index contributed by atoms with van der Waals surface area (Å²) >= 11 is 0. The molecule has 0 aromatic heterocycles. The van der Waals surface area contributed by atoms with Crippen molar-refractivity contribution in [1.82, 2.24) is 0 Å². The molecule has 0 heterocycles. The summed E-state index contributed by atoms with van der Waals surface area (Å²) in [7, 11) is 0. The van der Waals surface area contributed by atoms with Gasteiger partial charge in [-0.15, -0.1) is 0 Å². The Morgan fingerprint density at radius 3 is 2.79 bits per heavy atom. The third-order valence-corrected chi connectivity index (χ3v) is 7.80. The number of aliphatic hydroxyl groups excluding tert-OH is 2. The molecule has 0 spiro atoms. The van der Waals surface area contributed by atoms with E-state index in [-0.39, 0.29) is 11.8 Å². The van der Waals surface area contributed by atoms with Gasteiger partial charge in [0.05, 0.1) is 12.2 Å². The monoisotopic (exact) mass is 388 g/mol. The lowest BCUT2D eigenvalue weighted by Gasteiger charge is -2.44. The average Bonchev–Trinajstić information content (AvgIpc) is 2.99. The first-order chi connectivity index (χ1) is 13.2. The van der Waals surface area contributed by atoms with Crippen LogP contribution in [0.15, 0.2) is 35.5 Å². The van der Waals surface area contributed by atoms with Crippen molar-refractivity contribution in [3.05, 3.63) is 35.5 Å². The van der Waals surface area contributed by atoms with Crippen LogP contribution in [0, 0.1) is 23.2 Å². The Bertz CT molecular complexity index is 676. The zero-order valence-electron chi connectivity index (χ0n) is 17.4. The van der Waals surface area contributed by atoms with Gasteiger partial charge in [0.1, 0.15) is 0 Å². The van der Waals surface area contributed by atoms with Gasteiger partial charge in [0.15, 0.2) is 0 Å². The predicted octanol–water partition coefficient (Wildman–Crippen LogP) is 4.63. The number of carbonyl (C=O) groups is 1. The molecule has 0 bridgehead atoms. The smallest absolute Gasteiger partial charge is 0.303 e. The number of rotatable bonds is 5. The Labute approximate surface area is 169 Å². The molecule has 0 amide bonds. The summed E-state index contributed by atoms with van der Waals surface area (Å²) in [6.45, 7) is 8.67. The molecule has 0 radical (unpaired) electrons. The van der Waals surface area contributed by atoms with Crippen LogP contribution < -0.4 is 0 Å². The van der Waals surface area contributed by atoms with Gasteiger partial charge in [0, 0.05) is 12.8 Å². The van der Waals surface area contributed by atoms with Crippen LogP contribution in [0.3, 0.4) is 0 Å². The molecule has 3 aliphatic rings. The van der Waals surface area contributed by atoms with Gasteiger partial charge in [0.25, 0.3) is 0 Å². The summed E-state index contributed by atoms with van der Waals surface area (Å²) in [5.74, 6) is 0.885. The maximum Gasteiger partial charge on any atom is 0.303 e. The minimum Gasteiger partial charge on any atom is -0.481 e. The van der Waals surface area contributed by atoms with E-state index >= 15 is 0 Å². The van der Waals surface area contributed by atoms with Crippen molar-refractivity contribution < 1.29 is 20.1 Å². The minimum atomic E-state index is -0.695. The Morgan fingerprint density at radius 2 is 2.07 bits per heavy atom. The van der Waals surface area contributed by atoms with Crippen molar-refractivity contribution in [3.8, 4) is 0 Å². The van der Waals surface area contributed by atoms with E-state index in [2.05, 4.69) is 32.6 Å². The topological polar surface area (TPSA) is 77.8 Å². The summed E-state index contributed by atoms with van der Waals surface area (Å²) in [4.78, 5) is 11.0. The van der Waals surface area contributed by atoms with Crippen LogP contribution in [0.2, 0.25) is 0 Å². The third-order valence-electron chi connectivity index (χ3n) is 7.80. The fourth-order valence-electron chi connectivity index (χ4n) is 6.23. The summed E-state index contributed by atoms with van der Waals surface area (Å²) in [5, 5.41) is 29.1. The van der Waals surface area contributed by atoms with E-state index in [1.807, 2.05) is 0 Å². The van der Waals surface area contributed by atoms with Crippen molar-refractivity contribution in [1.29, 1.82) is 0 Å². The molecule has 0 aromatic carbocycles. The van der Waals surface area contributed by atoms with Crippen molar-refractivity contribution >= 4 is 5.97 Å². The molecule has 3 N–H and O–H groups in total. The largest absolute Gasteiger partial charge is 0.481 e. The number of aliphatic carboxylic acids is 1. The van der Waals surface area contributed by atoms with Crippen LogP contribution in [0.25, 0.3) is 0 Å². The highest BCUT2D eigenvalue weighted by molar-refractivity contribution is 5.66. The van der Waals surface area contributed by atoms with Gasteiger partial charge in [-0.05, 0) is 79.3 Å². The highest BCUT2D eigenvalue weighted by atomic mass is 16.4. The molecule has 3 rings (SSSR count). The van der Waals surface area contributed by atoms with Crippen LogP contribution >= 0.6 is 0 Å². The summed E-state index contributed by atoms with van der Waals surface area (Å²) in [5.41, 5.74) is 3.45. The first-order valence-corrected chi connectivity index (χ1v) is 10.9. The van der Waals surface area contributed by atoms with Crippen LogP contribution in [-0.4, -0.2) is 33.5 Å². The van der Waals surface area contributed by atoms with Crippen molar-refractivity contribution in [2.24, 2.45) is 23.2 Å². The van der Waals surface area contributed by atoms with E-state index in [0.717, 1.165) is 24.0 Å². The van der Waals surface area contributed by atoms with Gasteiger partial charge in [-0.3, -0.25) is 4.79 Å². The highest BCUT2D eigenvalue weighted by Gasteiger charge is 2.50. The molecule has 6 atom stereocenters. The first kappa shape index (κ1) is 21.3. The number of fused-ring (bicyclic) bond motifs is 1. The lowest BCUT2D eigenvalue weighted by atomic mass is 9.60. The Kier molecular flexibility index (Phi) is 6.51. The molecule has 0 unspecified atom stereocenters. The molecule has 0 saturated heterocycles. The molecule has 0 aromatic rings. The van der Waals surface area contributed by atoms with E-state index in [1.165, 1.54) is 31.3 Å². The molecule has 4 heteroatoms. The van der Waals surface area contributed by atoms with E-state index in [1.54, 1.807) is 0 Å². The highest BCUT2D eigenvalue weighted by Crippen LogP contribution is 2.59. The number of hydrogen-bond acceptors (Lipinski definition) is 3. The van der Waals surface area contributed by atoms with E-state index in [9.17, 15) is 15.0 Å². The molecule has 4 nitrogen and oxygen atoms in total. The van der Waals surface area contributed by atoms with Gasteiger partial charge < -0.3 is 15.3 Å². The zero-order chi connectivity index (χ0) is 20.5. The fourth-order valence-corrected chi connectivity index (χ4v) is 6.23. The molecule has 0 aliphatic heterocycles. The molecule has 3 fully saturated rings. The van der Waals surface area contributed by atoms with Crippen molar-refractivity contribution in [2.45, 2.75) is 83.8 Å². The van der Waals surface area contributed by atoms with E-state index in [4.69, 9.17) is 5.11 Å². The second-order valence-electron chi connectivity index (χ2n) is 9.57. The predicted molar refractivity (Wildman–Crippen MR) is 111 cm³/mol. The number of carboxylic acids is 1. The SMILES string of the molecule is C=C1C(=CC=C2CCC[C@]3(C)[C@@H]([C@H](C)CCC(=O)O)CC[C@@H]23)C[C@@H](O)C[C@H]1O. The van der Waals surface area contributed by atoms with Gasteiger partial charge in [-0.2, -0.15) is 0 Å². The molecular weight excluding hydrogens is 352 g/mol. The number of aliphatic hydroxyl groups is 2. The fraction of sp³-hybridized carbons (Fsp3) is 0.708. The second-order valence-corrected chi connectivity index (χ2v) is 9.57. The molecule has 156 valence electrons. The van der Waals surface area contributed by atoms with Gasteiger partial charge in [-0.1, -0.05) is 38.2 Å². The van der Waals surface area contributed by atoms with Crippen molar-refractivity contribution in [2.75, 3.05) is 0 Å². The lowest BCUT2D eigenvalue weighted by molar-refractivity contribution is -0.137. The third kappa shape index (κ3) is 4.28. The van der Waals surface area contributed by atoms with E-state index < -0.39 is 18.2 Å². The Morgan fingerprint density at radius 1 is 1.32 bits per heavy atom. The standard InChI is InChI=1S/C24H36O4/c1-15(6-11-23(27)28)20-9-10-21-17(5-4-12-24(20,21)3)7-8-18-13-19(25)14-22(26)16(18)2/h7-8,15,19-22,25-26H,2,4-6,9-14H2,1,3H3,(H,27,28)/t15-,19-,20-,21+,22-,24-/m1/s1. The minimum absolute atomic E-state index is 0.253. The lowest BCUT2D eigenvalue weighted by Crippen LogP contribution is -2.36. The second kappa shape index (κ2) is 8.54. The molecule has 3 saturated carbocycles. The quantitative estimate of drug-likeness (QED) is 0.642. The normalized spacial score (nSPS) is 39.9. The molecule has 3 aliphatic carbocycles. The van der Waals surface area contributed by atoms with E-state index in [0.29, 0.717) is 30.6 Å². The first-order valence-electron chi connectivity index (χ1n) is 10.9.